The van der Waals surface area contributed by atoms with Crippen LogP contribution in [-0.2, 0) is 11.2 Å². The lowest BCUT2D eigenvalue weighted by Gasteiger charge is -2.19. The summed E-state index contributed by atoms with van der Waals surface area (Å²) in [5.74, 6) is 1.20. The fourth-order valence-electron chi connectivity index (χ4n) is 2.34. The molecule has 5 heteroatoms. The molecule has 0 atom stereocenters. The fraction of sp³-hybridized carbons (Fsp3) is 0.750. The molecule has 0 bridgehead atoms. The molecule has 94 valence electrons. The summed E-state index contributed by atoms with van der Waals surface area (Å²) < 4.78 is 4.85. The van der Waals surface area contributed by atoms with E-state index in [4.69, 9.17) is 4.74 Å². The number of ether oxygens (including phenoxy) is 1. The van der Waals surface area contributed by atoms with Crippen molar-refractivity contribution >= 4 is 5.97 Å². The number of aromatic nitrogens is 3. The minimum Gasteiger partial charge on any atom is -0.460 e. The first-order chi connectivity index (χ1) is 8.29. The molecule has 0 unspecified atom stereocenters. The Kier molecular flexibility index (Phi) is 4.12. The minimum absolute atomic E-state index is 0.151. The topological polar surface area (TPSA) is 67.9 Å². The van der Waals surface area contributed by atoms with Crippen LogP contribution >= 0.6 is 0 Å². The van der Waals surface area contributed by atoms with Gasteiger partial charge in [-0.15, -0.1) is 5.10 Å². The molecule has 1 saturated carbocycles. The van der Waals surface area contributed by atoms with E-state index in [0.29, 0.717) is 12.5 Å². The smallest absolute Gasteiger partial charge is 0.378 e. The Morgan fingerprint density at radius 2 is 2.18 bits per heavy atom. The van der Waals surface area contributed by atoms with E-state index in [2.05, 4.69) is 15.2 Å². The van der Waals surface area contributed by atoms with E-state index in [1.54, 1.807) is 6.92 Å². The number of nitrogens with one attached hydrogen (secondary N) is 1. The molecule has 5 nitrogen and oxygen atoms in total. The van der Waals surface area contributed by atoms with E-state index < -0.39 is 5.97 Å². The lowest BCUT2D eigenvalue weighted by molar-refractivity contribution is 0.0512. The van der Waals surface area contributed by atoms with E-state index >= 15 is 0 Å². The summed E-state index contributed by atoms with van der Waals surface area (Å²) in [4.78, 5) is 15.6. The van der Waals surface area contributed by atoms with Crippen molar-refractivity contribution in [2.75, 3.05) is 6.61 Å². The molecule has 0 amide bonds. The molecular weight excluding hydrogens is 218 g/mol. The molecule has 1 fully saturated rings. The van der Waals surface area contributed by atoms with E-state index in [1.165, 1.54) is 32.1 Å². The summed E-state index contributed by atoms with van der Waals surface area (Å²) in [5, 5.41) is 6.72. The summed E-state index contributed by atoms with van der Waals surface area (Å²) in [6.07, 6.45) is 7.38. The van der Waals surface area contributed by atoms with Gasteiger partial charge in [-0.05, 0) is 12.8 Å². The van der Waals surface area contributed by atoms with Crippen LogP contribution < -0.4 is 0 Å². The van der Waals surface area contributed by atoms with E-state index in [9.17, 15) is 4.79 Å². The highest BCUT2D eigenvalue weighted by Gasteiger charge is 2.18. The van der Waals surface area contributed by atoms with Crippen molar-refractivity contribution in [2.45, 2.75) is 45.4 Å². The minimum atomic E-state index is -0.446. The van der Waals surface area contributed by atoms with Gasteiger partial charge in [0.1, 0.15) is 5.82 Å². The quantitative estimate of drug-likeness (QED) is 0.814. The third-order valence-corrected chi connectivity index (χ3v) is 3.20. The first kappa shape index (κ1) is 12.1. The zero-order chi connectivity index (χ0) is 12.1. The molecule has 1 aromatic heterocycles. The van der Waals surface area contributed by atoms with Crippen LogP contribution in [0.4, 0.5) is 0 Å². The second kappa shape index (κ2) is 5.80. The van der Waals surface area contributed by atoms with Gasteiger partial charge < -0.3 is 4.74 Å². The molecule has 1 aromatic rings. The van der Waals surface area contributed by atoms with Crippen molar-refractivity contribution in [2.24, 2.45) is 5.92 Å². The molecule has 1 aliphatic rings. The maximum Gasteiger partial charge on any atom is 0.378 e. The number of hydrogen-bond acceptors (Lipinski definition) is 4. The summed E-state index contributed by atoms with van der Waals surface area (Å²) >= 11 is 0. The normalized spacial score (nSPS) is 17.0. The first-order valence-corrected chi connectivity index (χ1v) is 6.38. The maximum atomic E-state index is 11.4. The van der Waals surface area contributed by atoms with Crippen LogP contribution in [0.3, 0.4) is 0 Å². The van der Waals surface area contributed by atoms with Gasteiger partial charge in [-0.3, -0.25) is 5.10 Å². The maximum absolute atomic E-state index is 11.4. The molecule has 0 radical (unpaired) electrons. The molecule has 0 aromatic carbocycles. The van der Waals surface area contributed by atoms with Gasteiger partial charge in [0.05, 0.1) is 6.61 Å². The highest BCUT2D eigenvalue weighted by molar-refractivity contribution is 5.84. The second-order valence-electron chi connectivity index (χ2n) is 4.53. The monoisotopic (exact) mass is 237 g/mol. The Hall–Kier alpha value is -1.39. The Labute approximate surface area is 101 Å². The van der Waals surface area contributed by atoms with Crippen molar-refractivity contribution in [3.05, 3.63) is 11.6 Å². The first-order valence-electron chi connectivity index (χ1n) is 6.38. The zero-order valence-corrected chi connectivity index (χ0v) is 10.2. The van der Waals surface area contributed by atoms with Crippen LogP contribution in [0.15, 0.2) is 0 Å². The molecule has 0 spiro atoms. The van der Waals surface area contributed by atoms with E-state index in [0.717, 1.165) is 12.2 Å². The number of nitrogens with zero attached hydrogens (tertiary/aromatic N) is 2. The molecule has 0 saturated heterocycles. The molecule has 17 heavy (non-hydrogen) atoms. The number of hydrogen-bond donors (Lipinski definition) is 1. The lowest BCUT2D eigenvalue weighted by Crippen LogP contribution is -2.10. The van der Waals surface area contributed by atoms with Crippen molar-refractivity contribution in [3.63, 3.8) is 0 Å². The number of rotatable bonds is 4. The standard InChI is InChI=1S/C12H19N3O2/c1-2-17-12(16)11-13-10(14-15-11)8-9-6-4-3-5-7-9/h9H,2-8H2,1H3,(H,13,14,15). The van der Waals surface area contributed by atoms with Crippen LogP contribution in [0.25, 0.3) is 0 Å². The van der Waals surface area contributed by atoms with E-state index in [1.807, 2.05) is 0 Å². The average Bonchev–Trinajstić information content (AvgIpc) is 2.79. The van der Waals surface area contributed by atoms with Crippen LogP contribution in [0, 0.1) is 5.92 Å². The molecular formula is C12H19N3O2. The largest absolute Gasteiger partial charge is 0.460 e. The zero-order valence-electron chi connectivity index (χ0n) is 10.2. The highest BCUT2D eigenvalue weighted by atomic mass is 16.5. The fourth-order valence-corrected chi connectivity index (χ4v) is 2.34. The summed E-state index contributed by atoms with van der Waals surface area (Å²) in [5.41, 5.74) is 0. The molecule has 2 rings (SSSR count). The number of H-pyrrole nitrogens is 1. The Bertz CT molecular complexity index is 370. The number of carbonyl (C=O) groups excluding carboxylic acids is 1. The number of carbonyl (C=O) groups is 1. The van der Waals surface area contributed by atoms with Crippen molar-refractivity contribution in [1.29, 1.82) is 0 Å². The Morgan fingerprint density at radius 3 is 2.88 bits per heavy atom. The van der Waals surface area contributed by atoms with Crippen molar-refractivity contribution < 1.29 is 9.53 Å². The van der Waals surface area contributed by atoms with Crippen LogP contribution in [0.1, 0.15) is 55.5 Å². The number of esters is 1. The predicted octanol–water partition coefficient (Wildman–Crippen LogP) is 2.10. The predicted molar refractivity (Wildman–Crippen MR) is 62.6 cm³/mol. The van der Waals surface area contributed by atoms with Gasteiger partial charge in [0.2, 0.25) is 0 Å². The van der Waals surface area contributed by atoms with Gasteiger partial charge in [0, 0.05) is 6.42 Å². The van der Waals surface area contributed by atoms with Crippen LogP contribution in [0.2, 0.25) is 0 Å². The molecule has 1 heterocycles. The number of aromatic amines is 1. The van der Waals surface area contributed by atoms with Gasteiger partial charge in [-0.25, -0.2) is 9.78 Å². The van der Waals surface area contributed by atoms with Gasteiger partial charge >= 0.3 is 5.97 Å². The lowest BCUT2D eigenvalue weighted by atomic mass is 9.87. The van der Waals surface area contributed by atoms with Crippen molar-refractivity contribution in [1.82, 2.24) is 15.2 Å². The summed E-state index contributed by atoms with van der Waals surface area (Å²) in [6.45, 7) is 2.12. The second-order valence-corrected chi connectivity index (χ2v) is 4.53. The highest BCUT2D eigenvalue weighted by Crippen LogP contribution is 2.25. The molecule has 1 aliphatic carbocycles. The SMILES string of the molecule is CCOC(=O)c1n[nH]c(CC2CCCCC2)n1. The van der Waals surface area contributed by atoms with Crippen LogP contribution in [-0.4, -0.2) is 27.8 Å². The third kappa shape index (κ3) is 3.28. The Morgan fingerprint density at radius 1 is 1.41 bits per heavy atom. The molecule has 0 aliphatic heterocycles. The molecule has 1 N–H and O–H groups in total. The van der Waals surface area contributed by atoms with Crippen LogP contribution in [0.5, 0.6) is 0 Å². The average molecular weight is 237 g/mol. The van der Waals surface area contributed by atoms with Crippen molar-refractivity contribution in [3.8, 4) is 0 Å². The van der Waals surface area contributed by atoms with Gasteiger partial charge in [0.25, 0.3) is 5.82 Å². The summed E-state index contributed by atoms with van der Waals surface area (Å²) in [7, 11) is 0. The summed E-state index contributed by atoms with van der Waals surface area (Å²) in [6, 6.07) is 0. The van der Waals surface area contributed by atoms with E-state index in [-0.39, 0.29) is 5.82 Å². The van der Waals surface area contributed by atoms with Gasteiger partial charge in [-0.1, -0.05) is 32.1 Å². The third-order valence-electron chi connectivity index (χ3n) is 3.20. The van der Waals surface area contributed by atoms with Gasteiger partial charge in [0.15, 0.2) is 0 Å². The van der Waals surface area contributed by atoms with Gasteiger partial charge in [-0.2, -0.15) is 0 Å². The Balaban J connectivity index is 1.91.